The summed E-state index contributed by atoms with van der Waals surface area (Å²) >= 11 is 0. The van der Waals surface area contributed by atoms with Crippen molar-refractivity contribution in [1.29, 1.82) is 0 Å². The zero-order valence-corrected chi connectivity index (χ0v) is 9.26. The van der Waals surface area contributed by atoms with Crippen LogP contribution < -0.4 is 10.2 Å². The minimum absolute atomic E-state index is 0.141. The Labute approximate surface area is 90.1 Å². The summed E-state index contributed by atoms with van der Waals surface area (Å²) in [6.45, 7) is 4.09. The van der Waals surface area contributed by atoms with Gasteiger partial charge in [0, 0.05) is 24.8 Å². The third-order valence-corrected chi connectivity index (χ3v) is 3.01. The number of nitrogens with one attached hydrogen (secondary N) is 1. The van der Waals surface area contributed by atoms with Gasteiger partial charge in [-0.15, -0.1) is 0 Å². The lowest BCUT2D eigenvalue weighted by atomic mass is 10.1. The summed E-state index contributed by atoms with van der Waals surface area (Å²) in [7, 11) is 1.94. The molecule has 1 aromatic rings. The van der Waals surface area contributed by atoms with Crippen molar-refractivity contribution >= 4 is 5.69 Å². The van der Waals surface area contributed by atoms with Crippen molar-refractivity contribution in [3.8, 4) is 0 Å². The lowest BCUT2D eigenvalue weighted by Gasteiger charge is -2.27. The molecule has 1 heterocycles. The Bertz CT molecular complexity index is 351. The molecule has 15 heavy (non-hydrogen) atoms. The molecule has 1 unspecified atom stereocenters. The molecule has 1 N–H and O–H groups in total. The first kappa shape index (κ1) is 10.4. The summed E-state index contributed by atoms with van der Waals surface area (Å²) in [6.07, 6.45) is 1.03. The van der Waals surface area contributed by atoms with E-state index in [9.17, 15) is 4.39 Å². The van der Waals surface area contributed by atoms with Gasteiger partial charge < -0.3 is 10.2 Å². The van der Waals surface area contributed by atoms with Crippen LogP contribution in [0.2, 0.25) is 0 Å². The average Bonchev–Trinajstić information content (AvgIpc) is 2.60. The molecule has 0 saturated heterocycles. The molecule has 0 saturated carbocycles. The van der Waals surface area contributed by atoms with Gasteiger partial charge in [-0.2, -0.15) is 0 Å². The maximum atomic E-state index is 13.1. The van der Waals surface area contributed by atoms with Crippen molar-refractivity contribution in [1.82, 2.24) is 5.32 Å². The van der Waals surface area contributed by atoms with E-state index in [1.54, 1.807) is 12.1 Å². The molecule has 82 valence electrons. The molecule has 1 aliphatic rings. The summed E-state index contributed by atoms with van der Waals surface area (Å²) in [6, 6.07) is 5.51. The molecular formula is C12H17FN2. The van der Waals surface area contributed by atoms with Gasteiger partial charge in [-0.1, -0.05) is 6.07 Å². The summed E-state index contributed by atoms with van der Waals surface area (Å²) in [5, 5.41) is 3.15. The average molecular weight is 208 g/mol. The van der Waals surface area contributed by atoms with Crippen LogP contribution in [-0.2, 0) is 6.42 Å². The maximum absolute atomic E-state index is 13.1. The molecular weight excluding hydrogens is 191 g/mol. The maximum Gasteiger partial charge on any atom is 0.125 e. The zero-order chi connectivity index (χ0) is 10.8. The van der Waals surface area contributed by atoms with E-state index in [1.807, 2.05) is 13.1 Å². The Balaban J connectivity index is 2.23. The van der Waals surface area contributed by atoms with Crippen LogP contribution in [0.4, 0.5) is 10.1 Å². The number of hydrogen-bond donors (Lipinski definition) is 1. The molecule has 3 heteroatoms. The summed E-state index contributed by atoms with van der Waals surface area (Å²) < 4.78 is 13.1. The molecule has 2 nitrogen and oxygen atoms in total. The Kier molecular flexibility index (Phi) is 2.91. The minimum Gasteiger partial charge on any atom is -0.367 e. The molecule has 0 bridgehead atoms. The second-order valence-corrected chi connectivity index (χ2v) is 4.12. The van der Waals surface area contributed by atoms with E-state index in [0.717, 1.165) is 25.2 Å². The number of rotatable bonds is 3. The molecule has 1 aliphatic heterocycles. The predicted molar refractivity (Wildman–Crippen MR) is 60.8 cm³/mol. The first-order valence-corrected chi connectivity index (χ1v) is 5.42. The molecule has 0 aromatic heterocycles. The monoisotopic (exact) mass is 208 g/mol. The molecule has 2 rings (SSSR count). The third-order valence-electron chi connectivity index (χ3n) is 3.01. The van der Waals surface area contributed by atoms with Gasteiger partial charge in [0.05, 0.1) is 0 Å². The van der Waals surface area contributed by atoms with Gasteiger partial charge in [0.25, 0.3) is 0 Å². The number of hydrogen-bond acceptors (Lipinski definition) is 2. The molecule has 0 fully saturated rings. The van der Waals surface area contributed by atoms with Gasteiger partial charge >= 0.3 is 0 Å². The molecule has 0 radical (unpaired) electrons. The molecule has 0 spiro atoms. The SMILES string of the molecule is CNCC(C)N1CCc2ccc(F)cc21. The van der Waals surface area contributed by atoms with E-state index in [1.165, 1.54) is 5.56 Å². The number of likely N-dealkylation sites (N-methyl/N-ethyl adjacent to an activating group) is 1. The van der Waals surface area contributed by atoms with Crippen LogP contribution in [-0.4, -0.2) is 26.2 Å². The highest BCUT2D eigenvalue weighted by atomic mass is 19.1. The van der Waals surface area contributed by atoms with Gasteiger partial charge in [0.15, 0.2) is 0 Å². The topological polar surface area (TPSA) is 15.3 Å². The van der Waals surface area contributed by atoms with Crippen molar-refractivity contribution in [2.24, 2.45) is 0 Å². The van der Waals surface area contributed by atoms with Crippen LogP contribution in [0, 0.1) is 5.82 Å². The number of nitrogens with zero attached hydrogens (tertiary/aromatic N) is 1. The van der Waals surface area contributed by atoms with Crippen LogP contribution in [0.3, 0.4) is 0 Å². The highest BCUT2D eigenvalue weighted by Crippen LogP contribution is 2.29. The van der Waals surface area contributed by atoms with Crippen molar-refractivity contribution in [2.75, 3.05) is 25.0 Å². The van der Waals surface area contributed by atoms with Crippen molar-refractivity contribution in [2.45, 2.75) is 19.4 Å². The van der Waals surface area contributed by atoms with Crippen molar-refractivity contribution in [3.05, 3.63) is 29.6 Å². The first-order chi connectivity index (χ1) is 7.22. The fourth-order valence-electron chi connectivity index (χ4n) is 2.24. The van der Waals surface area contributed by atoms with Gasteiger partial charge in [0.2, 0.25) is 0 Å². The second-order valence-electron chi connectivity index (χ2n) is 4.12. The van der Waals surface area contributed by atoms with Gasteiger partial charge in [-0.3, -0.25) is 0 Å². The summed E-state index contributed by atoms with van der Waals surface area (Å²) in [5.74, 6) is -0.141. The van der Waals surface area contributed by atoms with Crippen LogP contribution >= 0.6 is 0 Å². The quantitative estimate of drug-likeness (QED) is 0.814. The highest BCUT2D eigenvalue weighted by Gasteiger charge is 2.23. The Hall–Kier alpha value is -1.09. The van der Waals surface area contributed by atoms with Gasteiger partial charge in [-0.25, -0.2) is 4.39 Å². The fraction of sp³-hybridized carbons (Fsp3) is 0.500. The van der Waals surface area contributed by atoms with Gasteiger partial charge in [-0.05, 0) is 38.1 Å². The minimum atomic E-state index is -0.141. The van der Waals surface area contributed by atoms with E-state index >= 15 is 0 Å². The lowest BCUT2D eigenvalue weighted by Crippen LogP contribution is -2.38. The van der Waals surface area contributed by atoms with E-state index in [4.69, 9.17) is 0 Å². The third kappa shape index (κ3) is 1.97. The number of fused-ring (bicyclic) bond motifs is 1. The number of halogens is 1. The van der Waals surface area contributed by atoms with E-state index < -0.39 is 0 Å². The van der Waals surface area contributed by atoms with Crippen molar-refractivity contribution < 1.29 is 4.39 Å². The summed E-state index contributed by atoms with van der Waals surface area (Å²) in [5.41, 5.74) is 2.33. The lowest BCUT2D eigenvalue weighted by molar-refractivity contribution is 0.604. The van der Waals surface area contributed by atoms with Crippen LogP contribution in [0.1, 0.15) is 12.5 Å². The van der Waals surface area contributed by atoms with Crippen molar-refractivity contribution in [3.63, 3.8) is 0 Å². The van der Waals surface area contributed by atoms with Crippen LogP contribution in [0.5, 0.6) is 0 Å². The Morgan fingerprint density at radius 1 is 1.53 bits per heavy atom. The smallest absolute Gasteiger partial charge is 0.125 e. The normalized spacial score (nSPS) is 16.6. The second kappa shape index (κ2) is 4.19. The zero-order valence-electron chi connectivity index (χ0n) is 9.26. The molecule has 0 amide bonds. The standard InChI is InChI=1S/C12H17FN2/c1-9(8-14-2)15-6-5-10-3-4-11(13)7-12(10)15/h3-4,7,9,14H,5-6,8H2,1-2H3. The van der Waals surface area contributed by atoms with E-state index in [0.29, 0.717) is 6.04 Å². The first-order valence-electron chi connectivity index (χ1n) is 5.42. The largest absolute Gasteiger partial charge is 0.367 e. The highest BCUT2D eigenvalue weighted by molar-refractivity contribution is 5.58. The Morgan fingerprint density at radius 2 is 2.33 bits per heavy atom. The fourth-order valence-corrected chi connectivity index (χ4v) is 2.24. The molecule has 1 aromatic carbocycles. The predicted octanol–water partition coefficient (Wildman–Crippen LogP) is 1.80. The van der Waals surface area contributed by atoms with E-state index in [-0.39, 0.29) is 5.82 Å². The molecule has 1 atom stereocenters. The van der Waals surface area contributed by atoms with E-state index in [2.05, 4.69) is 17.1 Å². The molecule has 0 aliphatic carbocycles. The summed E-state index contributed by atoms with van der Waals surface area (Å²) in [4.78, 5) is 2.27. The number of benzene rings is 1. The van der Waals surface area contributed by atoms with Gasteiger partial charge in [0.1, 0.15) is 5.82 Å². The van der Waals surface area contributed by atoms with Crippen LogP contribution in [0.25, 0.3) is 0 Å². The number of anilines is 1. The Morgan fingerprint density at radius 3 is 3.07 bits per heavy atom. The van der Waals surface area contributed by atoms with Crippen LogP contribution in [0.15, 0.2) is 18.2 Å².